The zero-order valence-electron chi connectivity index (χ0n) is 11.0. The Balaban J connectivity index is 1.81. The fourth-order valence-electron chi connectivity index (χ4n) is 2.77. The van der Waals surface area contributed by atoms with Gasteiger partial charge in [0.2, 0.25) is 0 Å². The third kappa shape index (κ3) is 2.50. The van der Waals surface area contributed by atoms with Crippen LogP contribution in [0.15, 0.2) is 12.1 Å². The summed E-state index contributed by atoms with van der Waals surface area (Å²) in [6, 6.07) is 2.60. The maximum atomic E-state index is 13.9. The van der Waals surface area contributed by atoms with Gasteiger partial charge in [-0.15, -0.1) is 0 Å². The van der Waals surface area contributed by atoms with Gasteiger partial charge in [0.1, 0.15) is 5.52 Å². The lowest BCUT2D eigenvalue weighted by molar-refractivity contribution is 0.0532. The van der Waals surface area contributed by atoms with Crippen LogP contribution in [0.5, 0.6) is 0 Å². The van der Waals surface area contributed by atoms with E-state index in [1.54, 1.807) is 4.57 Å². The van der Waals surface area contributed by atoms with Gasteiger partial charge in [0.05, 0.1) is 18.2 Å². The second-order valence-corrected chi connectivity index (χ2v) is 5.50. The van der Waals surface area contributed by atoms with Crippen molar-refractivity contribution in [2.75, 3.05) is 6.61 Å². The largest absolute Gasteiger partial charge is 0.376 e. The molecule has 0 unspecified atom stereocenters. The molecule has 6 heteroatoms. The molecular weight excluding hydrogens is 282 g/mol. The van der Waals surface area contributed by atoms with Crippen molar-refractivity contribution in [3.8, 4) is 0 Å². The van der Waals surface area contributed by atoms with E-state index < -0.39 is 11.6 Å². The Morgan fingerprint density at radius 3 is 2.80 bits per heavy atom. The highest BCUT2D eigenvalue weighted by atomic mass is 32.1. The molecule has 0 aliphatic heterocycles. The number of rotatable bonds is 4. The van der Waals surface area contributed by atoms with Gasteiger partial charge >= 0.3 is 0 Å². The molecule has 1 aliphatic rings. The lowest BCUT2D eigenvalue weighted by Gasteiger charge is -2.12. The number of nitrogens with zero attached hydrogens (tertiary/aromatic N) is 1. The summed E-state index contributed by atoms with van der Waals surface area (Å²) >= 11 is 5.17. The molecule has 1 fully saturated rings. The summed E-state index contributed by atoms with van der Waals surface area (Å²) in [4.78, 5) is 2.89. The number of ether oxygens (including phenoxy) is 1. The molecule has 0 spiro atoms. The fourth-order valence-corrected chi connectivity index (χ4v) is 3.06. The summed E-state index contributed by atoms with van der Waals surface area (Å²) in [6.07, 6.45) is 4.88. The third-order valence-electron chi connectivity index (χ3n) is 3.80. The van der Waals surface area contributed by atoms with E-state index in [4.69, 9.17) is 17.0 Å². The van der Waals surface area contributed by atoms with Crippen LogP contribution >= 0.6 is 12.2 Å². The standard InChI is InChI=1S/C14H16F2N2OS/c15-10-5-6-11-13(12(10)16)18(14(20)17-11)7-8-19-9-3-1-2-4-9/h5-6,9H,1-4,7-8H2,(H,17,20). The van der Waals surface area contributed by atoms with E-state index in [0.29, 0.717) is 29.5 Å². The van der Waals surface area contributed by atoms with Gasteiger partial charge in [-0.3, -0.25) is 0 Å². The zero-order chi connectivity index (χ0) is 14.1. The first-order valence-corrected chi connectivity index (χ1v) is 7.26. The predicted molar refractivity (Wildman–Crippen MR) is 75.2 cm³/mol. The number of fused-ring (bicyclic) bond motifs is 1. The maximum Gasteiger partial charge on any atom is 0.184 e. The Morgan fingerprint density at radius 2 is 2.05 bits per heavy atom. The molecule has 3 nitrogen and oxygen atoms in total. The van der Waals surface area contributed by atoms with E-state index in [0.717, 1.165) is 18.9 Å². The Kier molecular flexibility index (Phi) is 3.85. The Morgan fingerprint density at radius 1 is 1.30 bits per heavy atom. The number of imidazole rings is 1. The van der Waals surface area contributed by atoms with Gasteiger partial charge in [-0.25, -0.2) is 8.78 Å². The second-order valence-electron chi connectivity index (χ2n) is 5.12. The quantitative estimate of drug-likeness (QED) is 0.867. The topological polar surface area (TPSA) is 29.9 Å². The van der Waals surface area contributed by atoms with Crippen LogP contribution in [0.25, 0.3) is 11.0 Å². The third-order valence-corrected chi connectivity index (χ3v) is 4.12. The average molecular weight is 298 g/mol. The Hall–Kier alpha value is -1.27. The van der Waals surface area contributed by atoms with Crippen LogP contribution in [-0.2, 0) is 11.3 Å². The summed E-state index contributed by atoms with van der Waals surface area (Å²) in [5.74, 6) is -1.73. The summed E-state index contributed by atoms with van der Waals surface area (Å²) < 4.78 is 34.9. The van der Waals surface area contributed by atoms with Gasteiger partial charge in [0.25, 0.3) is 0 Å². The smallest absolute Gasteiger partial charge is 0.184 e. The van der Waals surface area contributed by atoms with Gasteiger partial charge in [0.15, 0.2) is 16.4 Å². The van der Waals surface area contributed by atoms with Crippen molar-refractivity contribution in [1.29, 1.82) is 0 Å². The minimum absolute atomic E-state index is 0.185. The predicted octanol–water partition coefficient (Wildman–Crippen LogP) is 3.94. The summed E-state index contributed by atoms with van der Waals surface area (Å²) in [5, 5.41) is 0. The summed E-state index contributed by atoms with van der Waals surface area (Å²) in [7, 11) is 0. The van der Waals surface area contributed by atoms with Crippen LogP contribution in [0, 0.1) is 16.4 Å². The highest BCUT2D eigenvalue weighted by molar-refractivity contribution is 7.71. The normalized spacial score (nSPS) is 16.3. The zero-order valence-corrected chi connectivity index (χ0v) is 11.8. The lowest BCUT2D eigenvalue weighted by atomic mass is 10.3. The van der Waals surface area contributed by atoms with Crippen LogP contribution in [-0.4, -0.2) is 22.3 Å². The summed E-state index contributed by atoms with van der Waals surface area (Å²) in [6.45, 7) is 0.886. The minimum Gasteiger partial charge on any atom is -0.376 e. The first kappa shape index (κ1) is 13.7. The van der Waals surface area contributed by atoms with Crippen LogP contribution in [0.4, 0.5) is 8.78 Å². The second kappa shape index (κ2) is 5.61. The van der Waals surface area contributed by atoms with Crippen molar-refractivity contribution in [1.82, 2.24) is 9.55 Å². The van der Waals surface area contributed by atoms with Gasteiger partial charge in [-0.2, -0.15) is 0 Å². The molecule has 1 N–H and O–H groups in total. The van der Waals surface area contributed by atoms with E-state index in [1.807, 2.05) is 0 Å². The first-order chi connectivity index (χ1) is 9.66. The van der Waals surface area contributed by atoms with Gasteiger partial charge in [-0.05, 0) is 37.2 Å². The number of aromatic nitrogens is 2. The molecule has 0 atom stereocenters. The van der Waals surface area contributed by atoms with Gasteiger partial charge < -0.3 is 14.3 Å². The molecule has 2 aromatic rings. The highest BCUT2D eigenvalue weighted by Crippen LogP contribution is 2.22. The van der Waals surface area contributed by atoms with Crippen molar-refractivity contribution >= 4 is 23.3 Å². The molecule has 3 rings (SSSR count). The van der Waals surface area contributed by atoms with Gasteiger partial charge in [0, 0.05) is 6.54 Å². The Labute approximate surface area is 120 Å². The molecule has 1 aromatic carbocycles. The highest BCUT2D eigenvalue weighted by Gasteiger charge is 2.16. The van der Waals surface area contributed by atoms with E-state index in [2.05, 4.69) is 4.98 Å². The number of benzene rings is 1. The molecule has 1 saturated carbocycles. The van der Waals surface area contributed by atoms with Crippen molar-refractivity contribution in [2.24, 2.45) is 0 Å². The van der Waals surface area contributed by atoms with E-state index >= 15 is 0 Å². The van der Waals surface area contributed by atoms with E-state index in [-0.39, 0.29) is 5.52 Å². The SMILES string of the molecule is Fc1ccc2[nH]c(=S)n(CCOC3CCCC3)c2c1F. The molecule has 0 saturated heterocycles. The molecule has 1 aliphatic carbocycles. The minimum atomic E-state index is -0.865. The molecule has 0 amide bonds. The molecule has 0 bridgehead atoms. The number of hydrogen-bond acceptors (Lipinski definition) is 2. The van der Waals surface area contributed by atoms with Crippen molar-refractivity contribution in [3.63, 3.8) is 0 Å². The van der Waals surface area contributed by atoms with Crippen molar-refractivity contribution in [3.05, 3.63) is 28.5 Å². The van der Waals surface area contributed by atoms with Crippen LogP contribution in [0.2, 0.25) is 0 Å². The Bertz CT molecular complexity index is 674. The number of hydrogen-bond donors (Lipinski definition) is 1. The maximum absolute atomic E-state index is 13.9. The number of H-pyrrole nitrogens is 1. The molecule has 1 aromatic heterocycles. The lowest BCUT2D eigenvalue weighted by Crippen LogP contribution is -2.13. The number of aromatic amines is 1. The van der Waals surface area contributed by atoms with Gasteiger partial charge in [-0.1, -0.05) is 12.8 Å². The molecule has 1 heterocycles. The summed E-state index contributed by atoms with van der Waals surface area (Å²) in [5.41, 5.74) is 0.694. The van der Waals surface area contributed by atoms with Crippen LogP contribution in [0.3, 0.4) is 0 Å². The first-order valence-electron chi connectivity index (χ1n) is 6.85. The number of halogens is 2. The van der Waals surface area contributed by atoms with E-state index in [1.165, 1.54) is 18.9 Å². The average Bonchev–Trinajstić information content (AvgIpc) is 3.03. The van der Waals surface area contributed by atoms with Crippen LogP contribution < -0.4 is 0 Å². The number of nitrogens with one attached hydrogen (secondary N) is 1. The molecule has 20 heavy (non-hydrogen) atoms. The van der Waals surface area contributed by atoms with E-state index in [9.17, 15) is 8.78 Å². The molecular formula is C14H16F2N2OS. The monoisotopic (exact) mass is 298 g/mol. The molecule has 0 radical (unpaired) electrons. The van der Waals surface area contributed by atoms with Crippen molar-refractivity contribution < 1.29 is 13.5 Å². The molecule has 108 valence electrons. The van der Waals surface area contributed by atoms with Crippen molar-refractivity contribution in [2.45, 2.75) is 38.3 Å². The fraction of sp³-hybridized carbons (Fsp3) is 0.500. The van der Waals surface area contributed by atoms with Crippen LogP contribution in [0.1, 0.15) is 25.7 Å².